The normalized spacial score (nSPS) is 20.7. The van der Waals surface area contributed by atoms with Gasteiger partial charge in [-0.3, -0.25) is 9.59 Å². The predicted molar refractivity (Wildman–Crippen MR) is 99.0 cm³/mol. The van der Waals surface area contributed by atoms with Gasteiger partial charge in [0.25, 0.3) is 0 Å². The highest BCUT2D eigenvalue weighted by Gasteiger charge is 2.28. The molecule has 0 aliphatic carbocycles. The van der Waals surface area contributed by atoms with Gasteiger partial charge in [-0.15, -0.1) is 0 Å². The molecule has 2 atom stereocenters. The maximum absolute atomic E-state index is 12.5. The molecule has 6 nitrogen and oxygen atoms in total. The van der Waals surface area contributed by atoms with E-state index >= 15 is 0 Å². The molecule has 0 saturated heterocycles. The van der Waals surface area contributed by atoms with Crippen molar-refractivity contribution in [1.82, 2.24) is 9.80 Å². The van der Waals surface area contributed by atoms with E-state index in [1.54, 1.807) is 23.8 Å². The van der Waals surface area contributed by atoms with Gasteiger partial charge >= 0.3 is 0 Å². The van der Waals surface area contributed by atoms with Crippen LogP contribution in [0.15, 0.2) is 18.2 Å². The zero-order valence-electron chi connectivity index (χ0n) is 16.1. The Labute approximate surface area is 150 Å². The summed E-state index contributed by atoms with van der Waals surface area (Å²) in [6.07, 6.45) is 0.140. The number of likely N-dealkylation sites (N-methyl/N-ethyl adjacent to an activating group) is 2. The molecule has 0 spiro atoms. The van der Waals surface area contributed by atoms with Crippen molar-refractivity contribution in [2.75, 3.05) is 46.2 Å². The molecule has 1 aliphatic heterocycles. The van der Waals surface area contributed by atoms with E-state index in [4.69, 9.17) is 4.74 Å². The smallest absolute Gasteiger partial charge is 0.226 e. The molecular formula is C19H29N3O3. The highest BCUT2D eigenvalue weighted by Crippen LogP contribution is 2.29. The Bertz CT molecular complexity index is 645. The Balaban J connectivity index is 2.39. The second-order valence-electron chi connectivity index (χ2n) is 7.17. The van der Waals surface area contributed by atoms with E-state index in [9.17, 15) is 9.59 Å². The summed E-state index contributed by atoms with van der Waals surface area (Å²) in [7, 11) is 7.54. The van der Waals surface area contributed by atoms with Crippen molar-refractivity contribution in [3.05, 3.63) is 23.8 Å². The summed E-state index contributed by atoms with van der Waals surface area (Å²) in [6, 6.07) is 5.92. The van der Waals surface area contributed by atoms with Gasteiger partial charge in [0.15, 0.2) is 0 Å². The lowest BCUT2D eigenvalue weighted by Gasteiger charge is -2.30. The van der Waals surface area contributed by atoms with Crippen LogP contribution in [0.3, 0.4) is 0 Å². The molecule has 1 aliphatic rings. The zero-order valence-corrected chi connectivity index (χ0v) is 16.1. The Morgan fingerprint density at radius 3 is 2.60 bits per heavy atom. The molecule has 25 heavy (non-hydrogen) atoms. The van der Waals surface area contributed by atoms with Crippen molar-refractivity contribution < 1.29 is 14.3 Å². The molecule has 138 valence electrons. The van der Waals surface area contributed by atoms with Crippen molar-refractivity contribution >= 4 is 17.5 Å². The first-order valence-electron chi connectivity index (χ1n) is 8.61. The first-order chi connectivity index (χ1) is 11.7. The second-order valence-corrected chi connectivity index (χ2v) is 7.17. The van der Waals surface area contributed by atoms with Gasteiger partial charge < -0.3 is 19.4 Å². The van der Waals surface area contributed by atoms with Crippen molar-refractivity contribution in [2.24, 2.45) is 5.92 Å². The van der Waals surface area contributed by atoms with Gasteiger partial charge in [0.05, 0.1) is 13.0 Å². The summed E-state index contributed by atoms with van der Waals surface area (Å²) in [5.74, 6) is 0.912. The van der Waals surface area contributed by atoms with Gasteiger partial charge in [0.1, 0.15) is 11.9 Å². The number of fused-ring (bicyclic) bond motifs is 1. The van der Waals surface area contributed by atoms with E-state index in [-0.39, 0.29) is 23.8 Å². The molecule has 0 bridgehead atoms. The minimum atomic E-state index is -0.175. The van der Waals surface area contributed by atoms with Gasteiger partial charge in [-0.1, -0.05) is 6.92 Å². The van der Waals surface area contributed by atoms with Crippen LogP contribution < -0.4 is 9.64 Å². The van der Waals surface area contributed by atoms with Crippen molar-refractivity contribution in [3.8, 4) is 5.75 Å². The summed E-state index contributed by atoms with van der Waals surface area (Å²) < 4.78 is 6.29. The van der Waals surface area contributed by atoms with Crippen LogP contribution in [0.2, 0.25) is 0 Å². The number of hydrogen-bond donors (Lipinski definition) is 0. The molecule has 0 N–H and O–H groups in total. The van der Waals surface area contributed by atoms with Gasteiger partial charge in [0.2, 0.25) is 11.8 Å². The largest absolute Gasteiger partial charge is 0.488 e. The van der Waals surface area contributed by atoms with Crippen LogP contribution in [0.25, 0.3) is 0 Å². The Hall–Kier alpha value is -2.24. The van der Waals surface area contributed by atoms with Gasteiger partial charge in [-0.25, -0.2) is 0 Å². The molecule has 0 saturated carbocycles. The molecule has 1 aromatic carbocycles. The first-order valence-corrected chi connectivity index (χ1v) is 8.61. The fraction of sp³-hybridized carbons (Fsp3) is 0.579. The SMILES string of the molecule is CC(=O)N(C)C[C@@H]1Oc2ccc(N(C)C)cc2CC(=O)N(C)C[C@@H]1C. The minimum Gasteiger partial charge on any atom is -0.488 e. The number of hydrogen-bond acceptors (Lipinski definition) is 4. The molecule has 0 fully saturated rings. The molecule has 1 aromatic rings. The Morgan fingerprint density at radius 2 is 2.00 bits per heavy atom. The number of benzene rings is 1. The van der Waals surface area contributed by atoms with Crippen LogP contribution in [-0.4, -0.2) is 69.0 Å². The standard InChI is InChI=1S/C19H29N3O3/c1-13-11-22(6)19(24)10-15-9-16(20(3)4)7-8-17(15)25-18(13)12-21(5)14(2)23/h7-9,13,18H,10-12H2,1-6H3/t13-,18-/m0/s1. The summed E-state index contributed by atoms with van der Waals surface area (Å²) in [5.41, 5.74) is 1.91. The van der Waals surface area contributed by atoms with Crippen molar-refractivity contribution in [2.45, 2.75) is 26.4 Å². The van der Waals surface area contributed by atoms with Crippen LogP contribution >= 0.6 is 0 Å². The third-order valence-corrected chi connectivity index (χ3v) is 4.79. The fourth-order valence-corrected chi connectivity index (χ4v) is 2.94. The third-order valence-electron chi connectivity index (χ3n) is 4.79. The van der Waals surface area contributed by atoms with Crippen molar-refractivity contribution in [1.29, 1.82) is 0 Å². The number of carbonyl (C=O) groups excluding carboxylic acids is 2. The quantitative estimate of drug-likeness (QED) is 0.834. The Morgan fingerprint density at radius 1 is 1.32 bits per heavy atom. The summed E-state index contributed by atoms with van der Waals surface area (Å²) in [6.45, 7) is 4.70. The molecule has 2 rings (SSSR count). The lowest BCUT2D eigenvalue weighted by molar-refractivity contribution is -0.131. The number of ether oxygens (including phenoxy) is 1. The zero-order chi connectivity index (χ0) is 18.7. The molecule has 0 aromatic heterocycles. The second kappa shape index (κ2) is 7.76. The van der Waals surface area contributed by atoms with E-state index in [1.165, 1.54) is 0 Å². The van der Waals surface area contributed by atoms with Crippen LogP contribution in [0.5, 0.6) is 5.75 Å². The van der Waals surface area contributed by atoms with E-state index in [2.05, 4.69) is 6.92 Å². The summed E-state index contributed by atoms with van der Waals surface area (Å²) in [5, 5.41) is 0. The number of nitrogens with zero attached hydrogens (tertiary/aromatic N) is 3. The number of anilines is 1. The van der Waals surface area contributed by atoms with Crippen LogP contribution in [0.4, 0.5) is 5.69 Å². The highest BCUT2D eigenvalue weighted by molar-refractivity contribution is 5.80. The lowest BCUT2D eigenvalue weighted by atomic mass is 10.0. The predicted octanol–water partition coefficient (Wildman–Crippen LogP) is 1.63. The Kier molecular flexibility index (Phi) is 5.93. The monoisotopic (exact) mass is 347 g/mol. The molecule has 2 amide bonds. The van der Waals surface area contributed by atoms with Gasteiger partial charge in [0, 0.05) is 58.8 Å². The van der Waals surface area contributed by atoms with E-state index in [0.29, 0.717) is 19.5 Å². The molecule has 6 heteroatoms. The first kappa shape index (κ1) is 19.1. The highest BCUT2D eigenvalue weighted by atomic mass is 16.5. The van der Waals surface area contributed by atoms with Gasteiger partial charge in [-0.05, 0) is 18.2 Å². The number of carbonyl (C=O) groups is 2. The van der Waals surface area contributed by atoms with Crippen LogP contribution in [0.1, 0.15) is 19.4 Å². The maximum atomic E-state index is 12.5. The fourth-order valence-electron chi connectivity index (χ4n) is 2.94. The summed E-state index contributed by atoms with van der Waals surface area (Å²) in [4.78, 5) is 29.6. The van der Waals surface area contributed by atoms with E-state index in [0.717, 1.165) is 17.0 Å². The summed E-state index contributed by atoms with van der Waals surface area (Å²) >= 11 is 0. The van der Waals surface area contributed by atoms with E-state index < -0.39 is 0 Å². The lowest BCUT2D eigenvalue weighted by Crippen LogP contribution is -2.43. The topological polar surface area (TPSA) is 53.1 Å². The number of rotatable bonds is 3. The third kappa shape index (κ3) is 4.65. The van der Waals surface area contributed by atoms with Gasteiger partial charge in [-0.2, -0.15) is 0 Å². The maximum Gasteiger partial charge on any atom is 0.226 e. The molecule has 1 heterocycles. The average Bonchev–Trinajstić information content (AvgIpc) is 2.57. The van der Waals surface area contributed by atoms with E-state index in [1.807, 2.05) is 44.2 Å². The molecule has 0 radical (unpaired) electrons. The molecule has 0 unspecified atom stereocenters. The van der Waals surface area contributed by atoms with Crippen molar-refractivity contribution in [3.63, 3.8) is 0 Å². The molecular weight excluding hydrogens is 318 g/mol. The average molecular weight is 347 g/mol. The van der Waals surface area contributed by atoms with Crippen LogP contribution in [0, 0.1) is 5.92 Å². The number of amides is 2. The van der Waals surface area contributed by atoms with Crippen LogP contribution in [-0.2, 0) is 16.0 Å². The minimum absolute atomic E-state index is 0.00304.